The Kier molecular flexibility index (Phi) is 4.80. The molecule has 0 bridgehead atoms. The van der Waals surface area contributed by atoms with Crippen LogP contribution in [0.5, 0.6) is 0 Å². The Bertz CT molecular complexity index is 1270. The van der Waals surface area contributed by atoms with Crippen molar-refractivity contribution in [2.45, 2.75) is 13.5 Å². The Balaban J connectivity index is 1.64. The number of aromatic nitrogens is 4. The van der Waals surface area contributed by atoms with Crippen molar-refractivity contribution in [1.29, 1.82) is 5.41 Å². The SMILES string of the molecule is CC(=N)C(=O)Nc1ccc(C(=O)Cn2c(-c3nonc3N)nc3ccccc32)cc1. The second-order valence-corrected chi connectivity index (χ2v) is 6.59. The first kappa shape index (κ1) is 19.0. The Morgan fingerprint density at radius 2 is 1.87 bits per heavy atom. The van der Waals surface area contributed by atoms with Crippen molar-refractivity contribution < 1.29 is 14.2 Å². The third kappa shape index (κ3) is 3.53. The van der Waals surface area contributed by atoms with Crippen LogP contribution in [-0.2, 0) is 11.3 Å². The highest BCUT2D eigenvalue weighted by molar-refractivity contribution is 6.41. The van der Waals surface area contributed by atoms with E-state index in [1.165, 1.54) is 6.92 Å². The summed E-state index contributed by atoms with van der Waals surface area (Å²) in [5, 5.41) is 17.3. The van der Waals surface area contributed by atoms with E-state index in [9.17, 15) is 9.59 Å². The number of ketones is 1. The van der Waals surface area contributed by atoms with Crippen LogP contribution in [0.2, 0.25) is 0 Å². The summed E-state index contributed by atoms with van der Waals surface area (Å²) >= 11 is 0. The minimum Gasteiger partial charge on any atom is -0.379 e. The molecule has 0 aliphatic rings. The molecule has 0 radical (unpaired) electrons. The largest absolute Gasteiger partial charge is 0.379 e. The van der Waals surface area contributed by atoms with Crippen LogP contribution in [0.15, 0.2) is 53.2 Å². The Labute approximate surface area is 170 Å². The molecule has 2 aromatic carbocycles. The molecule has 0 unspecified atom stereocenters. The molecule has 10 nitrogen and oxygen atoms in total. The van der Waals surface area contributed by atoms with Gasteiger partial charge in [-0.3, -0.25) is 15.0 Å². The van der Waals surface area contributed by atoms with Crippen molar-refractivity contribution in [2.24, 2.45) is 0 Å². The summed E-state index contributed by atoms with van der Waals surface area (Å²) in [5.74, 6) is -0.202. The lowest BCUT2D eigenvalue weighted by Gasteiger charge is -2.09. The first-order valence-corrected chi connectivity index (χ1v) is 8.97. The van der Waals surface area contributed by atoms with Gasteiger partial charge in [0.05, 0.1) is 23.3 Å². The van der Waals surface area contributed by atoms with E-state index in [1.54, 1.807) is 28.8 Å². The minimum atomic E-state index is -0.498. The number of amides is 1. The maximum atomic E-state index is 12.9. The van der Waals surface area contributed by atoms with Gasteiger partial charge in [-0.15, -0.1) is 0 Å². The number of carbonyl (C=O) groups is 2. The lowest BCUT2D eigenvalue weighted by Crippen LogP contribution is -2.19. The Morgan fingerprint density at radius 3 is 2.53 bits per heavy atom. The van der Waals surface area contributed by atoms with Gasteiger partial charge < -0.3 is 15.6 Å². The predicted molar refractivity (Wildman–Crippen MR) is 110 cm³/mol. The summed E-state index contributed by atoms with van der Waals surface area (Å²) in [6.45, 7) is 1.39. The number of imidazole rings is 1. The predicted octanol–water partition coefficient (Wildman–Crippen LogP) is 2.53. The van der Waals surface area contributed by atoms with E-state index in [0.717, 1.165) is 5.52 Å². The highest BCUT2D eigenvalue weighted by Crippen LogP contribution is 2.27. The topological polar surface area (TPSA) is 153 Å². The molecule has 0 aliphatic heterocycles. The lowest BCUT2D eigenvalue weighted by molar-refractivity contribution is -0.110. The quantitative estimate of drug-likeness (QED) is 0.330. The summed E-state index contributed by atoms with van der Waals surface area (Å²) < 4.78 is 6.40. The van der Waals surface area contributed by atoms with Gasteiger partial charge in [0.1, 0.15) is 0 Å². The van der Waals surface area contributed by atoms with Crippen molar-refractivity contribution in [1.82, 2.24) is 19.9 Å². The van der Waals surface area contributed by atoms with Gasteiger partial charge in [-0.1, -0.05) is 12.1 Å². The number of nitrogens with one attached hydrogen (secondary N) is 2. The molecule has 2 heterocycles. The fourth-order valence-electron chi connectivity index (χ4n) is 2.97. The standard InChI is InChI=1S/C20H17N7O3/c1-11(21)20(29)23-13-8-6-12(7-9-13)16(28)10-27-15-5-3-2-4-14(15)24-19(27)17-18(22)26-30-25-17/h2-9,21H,10H2,1H3,(H2,22,26)(H,23,29). The van der Waals surface area contributed by atoms with Crippen molar-refractivity contribution >= 4 is 39.9 Å². The first-order valence-electron chi connectivity index (χ1n) is 8.97. The van der Waals surface area contributed by atoms with Gasteiger partial charge in [-0.05, 0) is 53.6 Å². The fraction of sp³-hybridized carbons (Fsp3) is 0.100. The molecule has 1 amide bonds. The number of Topliss-reactive ketones (excluding diaryl/α,β-unsaturated/α-hetero) is 1. The molecule has 150 valence electrons. The van der Waals surface area contributed by atoms with E-state index in [2.05, 4.69) is 25.2 Å². The van der Waals surface area contributed by atoms with Gasteiger partial charge in [0, 0.05) is 11.3 Å². The minimum absolute atomic E-state index is 0.00649. The van der Waals surface area contributed by atoms with Gasteiger partial charge in [0.15, 0.2) is 23.1 Å². The van der Waals surface area contributed by atoms with Gasteiger partial charge >= 0.3 is 0 Å². The fourth-order valence-corrected chi connectivity index (χ4v) is 2.97. The number of nitrogen functional groups attached to an aromatic ring is 1. The molecule has 0 atom stereocenters. The molecule has 0 saturated heterocycles. The van der Waals surface area contributed by atoms with Crippen molar-refractivity contribution in [3.05, 3.63) is 54.1 Å². The molecule has 0 fully saturated rings. The third-order valence-corrected chi connectivity index (χ3v) is 4.49. The van der Waals surface area contributed by atoms with Crippen molar-refractivity contribution in [2.75, 3.05) is 11.1 Å². The number of carbonyl (C=O) groups excluding carboxylic acids is 2. The molecular formula is C20H17N7O3. The van der Waals surface area contributed by atoms with Crippen LogP contribution in [0, 0.1) is 5.41 Å². The van der Waals surface area contributed by atoms with Gasteiger partial charge in [-0.25, -0.2) is 9.61 Å². The second kappa shape index (κ2) is 7.59. The monoisotopic (exact) mass is 403 g/mol. The second-order valence-electron chi connectivity index (χ2n) is 6.59. The summed E-state index contributed by atoms with van der Waals surface area (Å²) in [4.78, 5) is 29.1. The molecule has 30 heavy (non-hydrogen) atoms. The number of para-hydroxylation sites is 2. The van der Waals surface area contributed by atoms with Crippen LogP contribution in [0.3, 0.4) is 0 Å². The summed E-state index contributed by atoms with van der Waals surface area (Å²) in [6.07, 6.45) is 0. The molecular weight excluding hydrogens is 386 g/mol. The van der Waals surface area contributed by atoms with E-state index < -0.39 is 5.91 Å². The molecule has 4 rings (SSSR count). The van der Waals surface area contributed by atoms with Gasteiger partial charge in [0.25, 0.3) is 5.91 Å². The number of benzene rings is 2. The van der Waals surface area contributed by atoms with Crippen LogP contribution in [0.25, 0.3) is 22.6 Å². The molecule has 10 heteroatoms. The maximum absolute atomic E-state index is 12.9. The van der Waals surface area contributed by atoms with Crippen molar-refractivity contribution in [3.63, 3.8) is 0 Å². The molecule has 0 spiro atoms. The first-order chi connectivity index (χ1) is 14.4. The average molecular weight is 403 g/mol. The normalized spacial score (nSPS) is 10.8. The van der Waals surface area contributed by atoms with E-state index in [0.29, 0.717) is 22.6 Å². The van der Waals surface area contributed by atoms with Crippen molar-refractivity contribution in [3.8, 4) is 11.5 Å². The van der Waals surface area contributed by atoms with E-state index in [-0.39, 0.29) is 29.6 Å². The average Bonchev–Trinajstić information content (AvgIpc) is 3.31. The Morgan fingerprint density at radius 1 is 1.13 bits per heavy atom. The van der Waals surface area contributed by atoms with E-state index in [1.807, 2.05) is 24.3 Å². The van der Waals surface area contributed by atoms with E-state index >= 15 is 0 Å². The molecule has 4 N–H and O–H groups in total. The maximum Gasteiger partial charge on any atom is 0.269 e. The van der Waals surface area contributed by atoms with Crippen LogP contribution < -0.4 is 11.1 Å². The Hall–Kier alpha value is -4.34. The molecule has 0 aliphatic carbocycles. The number of hydrogen-bond donors (Lipinski definition) is 3. The van der Waals surface area contributed by atoms with Crippen LogP contribution in [-0.4, -0.2) is 37.3 Å². The number of hydrogen-bond acceptors (Lipinski definition) is 8. The number of fused-ring (bicyclic) bond motifs is 1. The highest BCUT2D eigenvalue weighted by Gasteiger charge is 2.21. The number of rotatable bonds is 6. The smallest absolute Gasteiger partial charge is 0.269 e. The zero-order valence-corrected chi connectivity index (χ0v) is 15.9. The molecule has 2 aromatic heterocycles. The van der Waals surface area contributed by atoms with Gasteiger partial charge in [-0.2, -0.15) is 0 Å². The third-order valence-electron chi connectivity index (χ3n) is 4.49. The van der Waals surface area contributed by atoms with E-state index in [4.69, 9.17) is 11.1 Å². The highest BCUT2D eigenvalue weighted by atomic mass is 16.6. The number of nitrogens with zero attached hydrogens (tertiary/aromatic N) is 4. The summed E-state index contributed by atoms with van der Waals surface area (Å²) in [5.41, 5.74) is 8.37. The zero-order chi connectivity index (χ0) is 21.3. The van der Waals surface area contributed by atoms with Crippen LogP contribution in [0.1, 0.15) is 17.3 Å². The summed E-state index contributed by atoms with van der Waals surface area (Å²) in [6, 6.07) is 13.8. The number of anilines is 2. The lowest BCUT2D eigenvalue weighted by atomic mass is 10.1. The summed E-state index contributed by atoms with van der Waals surface area (Å²) in [7, 11) is 0. The van der Waals surface area contributed by atoms with Crippen LogP contribution >= 0.6 is 0 Å². The van der Waals surface area contributed by atoms with Gasteiger partial charge in [0.2, 0.25) is 0 Å². The molecule has 0 saturated carbocycles. The molecule has 4 aromatic rings. The number of nitrogens with two attached hydrogens (primary N) is 1. The van der Waals surface area contributed by atoms with Crippen LogP contribution in [0.4, 0.5) is 11.5 Å². The zero-order valence-electron chi connectivity index (χ0n) is 15.9.